The number of anilines is 3. The summed E-state index contributed by atoms with van der Waals surface area (Å²) in [5, 5.41) is 4.11. The molecule has 1 saturated heterocycles. The summed E-state index contributed by atoms with van der Waals surface area (Å²) < 4.78 is 7.66. The van der Waals surface area contributed by atoms with Gasteiger partial charge in [-0.3, -0.25) is 9.36 Å². The number of benzene rings is 1. The van der Waals surface area contributed by atoms with E-state index in [9.17, 15) is 4.79 Å². The van der Waals surface area contributed by atoms with E-state index >= 15 is 0 Å². The molecule has 1 N–H and O–H groups in total. The van der Waals surface area contributed by atoms with Crippen LogP contribution in [0.25, 0.3) is 11.0 Å². The number of pyridine rings is 1. The zero-order valence-corrected chi connectivity index (χ0v) is 18.4. The van der Waals surface area contributed by atoms with Crippen LogP contribution in [0.1, 0.15) is 25.5 Å². The second-order valence-electron chi connectivity index (χ2n) is 7.41. The van der Waals surface area contributed by atoms with Gasteiger partial charge in [0.15, 0.2) is 0 Å². The highest BCUT2D eigenvalue weighted by molar-refractivity contribution is 9.10. The first-order chi connectivity index (χ1) is 14.0. The Hall–Kier alpha value is -2.45. The molecule has 2 aromatic heterocycles. The van der Waals surface area contributed by atoms with Crippen molar-refractivity contribution in [3.8, 4) is 0 Å². The van der Waals surface area contributed by atoms with Gasteiger partial charge in [0.2, 0.25) is 5.95 Å². The number of nitrogens with zero attached hydrogens (tertiary/aromatic N) is 4. The maximum atomic E-state index is 12.7. The van der Waals surface area contributed by atoms with Gasteiger partial charge in [0.1, 0.15) is 5.65 Å². The van der Waals surface area contributed by atoms with Crippen molar-refractivity contribution < 1.29 is 4.74 Å². The molecule has 29 heavy (non-hydrogen) atoms. The molecule has 1 aromatic carbocycles. The van der Waals surface area contributed by atoms with E-state index < -0.39 is 0 Å². The molecule has 4 rings (SSSR count). The fourth-order valence-corrected chi connectivity index (χ4v) is 3.95. The van der Waals surface area contributed by atoms with Crippen LogP contribution in [-0.4, -0.2) is 40.8 Å². The van der Waals surface area contributed by atoms with Crippen molar-refractivity contribution in [2.75, 3.05) is 36.5 Å². The van der Waals surface area contributed by atoms with Gasteiger partial charge < -0.3 is 15.0 Å². The number of hydrogen-bond acceptors (Lipinski definition) is 6. The summed E-state index contributed by atoms with van der Waals surface area (Å²) in [5.74, 6) is 0.465. The fourth-order valence-electron chi connectivity index (χ4n) is 3.55. The molecule has 0 unspecified atom stereocenters. The summed E-state index contributed by atoms with van der Waals surface area (Å²) in [6, 6.07) is 8.18. The van der Waals surface area contributed by atoms with Crippen molar-refractivity contribution in [1.82, 2.24) is 14.5 Å². The molecule has 3 aromatic rings. The predicted molar refractivity (Wildman–Crippen MR) is 119 cm³/mol. The van der Waals surface area contributed by atoms with Gasteiger partial charge in [0.05, 0.1) is 17.7 Å². The Bertz CT molecular complexity index is 1090. The quantitative estimate of drug-likeness (QED) is 0.637. The third-order valence-electron chi connectivity index (χ3n) is 5.15. The molecule has 0 bridgehead atoms. The summed E-state index contributed by atoms with van der Waals surface area (Å²) in [5.41, 5.74) is 3.47. The van der Waals surface area contributed by atoms with Gasteiger partial charge in [-0.05, 0) is 66.5 Å². The van der Waals surface area contributed by atoms with Crippen molar-refractivity contribution in [2.45, 2.75) is 26.8 Å². The van der Waals surface area contributed by atoms with Crippen LogP contribution in [0.5, 0.6) is 0 Å². The van der Waals surface area contributed by atoms with E-state index in [0.717, 1.165) is 42.9 Å². The molecule has 0 spiro atoms. The Kier molecular flexibility index (Phi) is 5.56. The molecule has 0 atom stereocenters. The normalized spacial score (nSPS) is 14.6. The highest BCUT2D eigenvalue weighted by atomic mass is 79.9. The Morgan fingerprint density at radius 2 is 1.86 bits per heavy atom. The van der Waals surface area contributed by atoms with Crippen molar-refractivity contribution in [1.29, 1.82) is 0 Å². The number of ether oxygens (including phenoxy) is 1. The number of morpholine rings is 1. The van der Waals surface area contributed by atoms with E-state index in [1.54, 1.807) is 10.8 Å². The highest BCUT2D eigenvalue weighted by Crippen LogP contribution is 2.25. The Balaban J connectivity index is 1.65. The number of fused-ring (bicyclic) bond motifs is 1. The summed E-state index contributed by atoms with van der Waals surface area (Å²) in [7, 11) is 0. The van der Waals surface area contributed by atoms with Gasteiger partial charge in [-0.25, -0.2) is 4.98 Å². The zero-order valence-electron chi connectivity index (χ0n) is 16.8. The minimum absolute atomic E-state index is 0.0162. The average Bonchev–Trinajstić information content (AvgIpc) is 2.73. The molecular formula is C21H24BrN5O2. The van der Waals surface area contributed by atoms with Crippen LogP contribution in [0, 0.1) is 6.92 Å². The second-order valence-corrected chi connectivity index (χ2v) is 8.20. The maximum Gasteiger partial charge on any atom is 0.267 e. The van der Waals surface area contributed by atoms with E-state index in [1.165, 1.54) is 5.69 Å². The fraction of sp³-hybridized carbons (Fsp3) is 0.381. The van der Waals surface area contributed by atoms with Gasteiger partial charge in [-0.2, -0.15) is 4.98 Å². The first-order valence-corrected chi connectivity index (χ1v) is 10.5. The first kappa shape index (κ1) is 19.8. The summed E-state index contributed by atoms with van der Waals surface area (Å²) in [6.45, 7) is 9.18. The molecular weight excluding hydrogens is 434 g/mol. The Labute approximate surface area is 177 Å². The van der Waals surface area contributed by atoms with Crippen molar-refractivity contribution >= 4 is 44.3 Å². The van der Waals surface area contributed by atoms with Gasteiger partial charge in [0.25, 0.3) is 5.56 Å². The van der Waals surface area contributed by atoms with Crippen LogP contribution in [0.15, 0.2) is 39.7 Å². The molecule has 3 heterocycles. The lowest BCUT2D eigenvalue weighted by Gasteiger charge is -2.28. The molecule has 0 amide bonds. The van der Waals surface area contributed by atoms with E-state index in [2.05, 4.69) is 48.2 Å². The number of aryl methyl sites for hydroxylation is 1. The van der Waals surface area contributed by atoms with Crippen molar-refractivity contribution in [3.63, 3.8) is 0 Å². The van der Waals surface area contributed by atoms with Crippen LogP contribution >= 0.6 is 15.9 Å². The number of halogens is 1. The molecule has 7 nitrogen and oxygen atoms in total. The lowest BCUT2D eigenvalue weighted by Crippen LogP contribution is -2.36. The molecule has 8 heteroatoms. The molecule has 1 aliphatic heterocycles. The van der Waals surface area contributed by atoms with Gasteiger partial charge in [0, 0.05) is 42.1 Å². The van der Waals surface area contributed by atoms with Crippen LogP contribution in [0.3, 0.4) is 0 Å². The van der Waals surface area contributed by atoms with Crippen molar-refractivity contribution in [3.05, 3.63) is 50.9 Å². The van der Waals surface area contributed by atoms with Crippen LogP contribution in [-0.2, 0) is 4.74 Å². The Morgan fingerprint density at radius 3 is 2.52 bits per heavy atom. The molecule has 152 valence electrons. The number of rotatable bonds is 4. The minimum atomic E-state index is -0.0792. The summed E-state index contributed by atoms with van der Waals surface area (Å²) >= 11 is 3.41. The number of hydrogen-bond donors (Lipinski definition) is 1. The van der Waals surface area contributed by atoms with Gasteiger partial charge in [-0.1, -0.05) is 0 Å². The minimum Gasteiger partial charge on any atom is -0.378 e. The van der Waals surface area contributed by atoms with Crippen LogP contribution in [0.2, 0.25) is 0 Å². The number of nitrogens with one attached hydrogen (secondary N) is 1. The van der Waals surface area contributed by atoms with Crippen LogP contribution in [0.4, 0.5) is 17.3 Å². The monoisotopic (exact) mass is 457 g/mol. The van der Waals surface area contributed by atoms with E-state index in [1.807, 2.05) is 32.9 Å². The summed E-state index contributed by atoms with van der Waals surface area (Å²) in [4.78, 5) is 24.2. The standard InChI is InChI=1S/C21H24BrN5O2/c1-13(2)27-19-17(14(3)18(22)20(27)28)12-23-21(25-19)24-15-4-6-16(7-5-15)26-8-10-29-11-9-26/h4-7,12-13H,8-11H2,1-3H3,(H,23,24,25). The van der Waals surface area contributed by atoms with Crippen molar-refractivity contribution in [2.24, 2.45) is 0 Å². The molecule has 0 aliphatic carbocycles. The van der Waals surface area contributed by atoms with E-state index in [0.29, 0.717) is 16.1 Å². The highest BCUT2D eigenvalue weighted by Gasteiger charge is 2.16. The third kappa shape index (κ3) is 3.86. The van der Waals surface area contributed by atoms with Crippen LogP contribution < -0.4 is 15.8 Å². The molecule has 1 aliphatic rings. The topological polar surface area (TPSA) is 72.3 Å². The maximum absolute atomic E-state index is 12.7. The molecule has 1 fully saturated rings. The first-order valence-electron chi connectivity index (χ1n) is 9.73. The van der Waals surface area contributed by atoms with Gasteiger partial charge >= 0.3 is 0 Å². The lowest BCUT2D eigenvalue weighted by atomic mass is 10.2. The SMILES string of the molecule is Cc1c(Br)c(=O)n(C(C)C)c2nc(Nc3ccc(N4CCOCC4)cc3)ncc12. The third-order valence-corrected chi connectivity index (χ3v) is 6.09. The van der Waals surface area contributed by atoms with E-state index in [-0.39, 0.29) is 11.6 Å². The zero-order chi connectivity index (χ0) is 20.5. The smallest absolute Gasteiger partial charge is 0.267 e. The molecule has 0 radical (unpaired) electrons. The Morgan fingerprint density at radius 1 is 1.17 bits per heavy atom. The molecule has 0 saturated carbocycles. The van der Waals surface area contributed by atoms with E-state index in [4.69, 9.17) is 4.74 Å². The average molecular weight is 458 g/mol. The second kappa shape index (κ2) is 8.12. The summed E-state index contributed by atoms with van der Waals surface area (Å²) in [6.07, 6.45) is 1.77. The predicted octanol–water partition coefficient (Wildman–Crippen LogP) is 4.02. The van der Waals surface area contributed by atoms with Gasteiger partial charge in [-0.15, -0.1) is 0 Å². The number of aromatic nitrogens is 3. The lowest BCUT2D eigenvalue weighted by molar-refractivity contribution is 0.122. The largest absolute Gasteiger partial charge is 0.378 e.